The van der Waals surface area contributed by atoms with Crippen LogP contribution in [-0.4, -0.2) is 16.0 Å². The Balaban J connectivity index is 1.87. The number of aromatic hydroxyl groups is 1. The zero-order valence-corrected chi connectivity index (χ0v) is 11.1. The summed E-state index contributed by atoms with van der Waals surface area (Å²) in [5, 5.41) is 21.4. The molecule has 0 aliphatic heterocycles. The van der Waals surface area contributed by atoms with Crippen molar-refractivity contribution in [3.05, 3.63) is 57.0 Å². The number of esters is 1. The van der Waals surface area contributed by atoms with Gasteiger partial charge in [0, 0.05) is 17.0 Å². The number of carbonyl (C=O) groups is 1. The van der Waals surface area contributed by atoms with Crippen LogP contribution >= 0.6 is 11.3 Å². The van der Waals surface area contributed by atoms with Gasteiger partial charge in [-0.05, 0) is 17.7 Å². The summed E-state index contributed by atoms with van der Waals surface area (Å²) in [6.45, 7) is 0.00197. The summed E-state index contributed by atoms with van der Waals surface area (Å²) in [6, 6.07) is 7.72. The number of hydrogen-bond acceptors (Lipinski definition) is 6. The van der Waals surface area contributed by atoms with Crippen molar-refractivity contribution in [2.75, 3.05) is 0 Å². The highest BCUT2D eigenvalue weighted by atomic mass is 32.1. The largest absolute Gasteiger partial charge is 0.508 e. The maximum Gasteiger partial charge on any atom is 0.324 e. The van der Waals surface area contributed by atoms with E-state index in [0.29, 0.717) is 11.1 Å². The lowest BCUT2D eigenvalue weighted by atomic mass is 10.1. The van der Waals surface area contributed by atoms with E-state index in [1.54, 1.807) is 17.5 Å². The molecule has 0 spiro atoms. The van der Waals surface area contributed by atoms with Crippen LogP contribution in [0.3, 0.4) is 0 Å². The molecule has 104 valence electrons. The third-order valence-electron chi connectivity index (χ3n) is 2.48. The van der Waals surface area contributed by atoms with Gasteiger partial charge in [-0.25, -0.2) is 0 Å². The standard InChI is InChI=1S/C13H11NO5S/c15-11-3-1-2-9(4-11)6-13(16)19-7-10-5-12(14(17)18)20-8-10/h1-5,8,15H,6-7H2. The number of phenols is 1. The monoisotopic (exact) mass is 293 g/mol. The Morgan fingerprint density at radius 3 is 2.80 bits per heavy atom. The fraction of sp³-hybridized carbons (Fsp3) is 0.154. The molecule has 2 aromatic rings. The molecule has 1 aromatic carbocycles. The zero-order chi connectivity index (χ0) is 14.5. The second-order valence-corrected chi connectivity index (χ2v) is 4.95. The van der Waals surface area contributed by atoms with E-state index < -0.39 is 10.9 Å². The topological polar surface area (TPSA) is 89.7 Å². The Kier molecular flexibility index (Phi) is 4.31. The summed E-state index contributed by atoms with van der Waals surface area (Å²) in [6.07, 6.45) is 0.0423. The average molecular weight is 293 g/mol. The summed E-state index contributed by atoms with van der Waals surface area (Å²) >= 11 is 0.992. The fourth-order valence-electron chi connectivity index (χ4n) is 1.58. The molecule has 1 N–H and O–H groups in total. The number of nitro groups is 1. The van der Waals surface area contributed by atoms with E-state index >= 15 is 0 Å². The highest BCUT2D eigenvalue weighted by Crippen LogP contribution is 2.23. The Labute approximate surface area is 118 Å². The normalized spacial score (nSPS) is 10.2. The summed E-state index contributed by atoms with van der Waals surface area (Å²) in [7, 11) is 0. The minimum Gasteiger partial charge on any atom is -0.508 e. The Bertz CT molecular complexity index is 637. The van der Waals surface area contributed by atoms with Gasteiger partial charge in [0.15, 0.2) is 0 Å². The first kappa shape index (κ1) is 14.0. The maximum absolute atomic E-state index is 11.6. The molecule has 2 rings (SSSR count). The molecule has 0 atom stereocenters. The van der Waals surface area contributed by atoms with Crippen LogP contribution in [0.2, 0.25) is 0 Å². The van der Waals surface area contributed by atoms with Gasteiger partial charge in [-0.3, -0.25) is 14.9 Å². The van der Waals surface area contributed by atoms with Gasteiger partial charge < -0.3 is 9.84 Å². The van der Waals surface area contributed by atoms with E-state index in [1.807, 2.05) is 0 Å². The van der Waals surface area contributed by atoms with Crippen molar-refractivity contribution in [2.24, 2.45) is 0 Å². The minimum absolute atomic E-state index is 0.00197. The first-order chi connectivity index (χ1) is 9.54. The SMILES string of the molecule is O=C(Cc1cccc(O)c1)OCc1csc([N+](=O)[O-])c1. The summed E-state index contributed by atoms with van der Waals surface area (Å²) < 4.78 is 5.03. The molecule has 0 bridgehead atoms. The van der Waals surface area contributed by atoms with Crippen molar-refractivity contribution in [1.82, 2.24) is 0 Å². The molecule has 0 aliphatic rings. The molecule has 0 saturated heterocycles. The molecule has 0 fully saturated rings. The van der Waals surface area contributed by atoms with Gasteiger partial charge in [0.05, 0.1) is 11.3 Å². The van der Waals surface area contributed by atoms with Crippen LogP contribution < -0.4 is 0 Å². The molecular formula is C13H11NO5S. The first-order valence-corrected chi connectivity index (χ1v) is 6.58. The number of ether oxygens (including phenoxy) is 1. The maximum atomic E-state index is 11.6. The molecule has 1 heterocycles. The van der Waals surface area contributed by atoms with E-state index in [-0.39, 0.29) is 23.8 Å². The van der Waals surface area contributed by atoms with Gasteiger partial charge in [-0.15, -0.1) is 0 Å². The Morgan fingerprint density at radius 2 is 2.15 bits per heavy atom. The van der Waals surface area contributed by atoms with Gasteiger partial charge in [0.2, 0.25) is 0 Å². The summed E-state index contributed by atoms with van der Waals surface area (Å²) in [5.41, 5.74) is 1.23. The lowest BCUT2D eigenvalue weighted by Crippen LogP contribution is -2.07. The van der Waals surface area contributed by atoms with Crippen LogP contribution in [0.5, 0.6) is 5.75 Å². The molecule has 1 aromatic heterocycles. The van der Waals surface area contributed by atoms with Gasteiger partial charge in [-0.1, -0.05) is 23.5 Å². The predicted molar refractivity (Wildman–Crippen MR) is 72.6 cm³/mol. The number of nitrogens with zero attached hydrogens (tertiary/aromatic N) is 1. The number of phenolic OH excluding ortho intramolecular Hbond substituents is 1. The zero-order valence-electron chi connectivity index (χ0n) is 10.3. The quantitative estimate of drug-likeness (QED) is 0.520. The lowest BCUT2D eigenvalue weighted by molar-refractivity contribution is -0.380. The fourth-order valence-corrected chi connectivity index (χ4v) is 2.30. The first-order valence-electron chi connectivity index (χ1n) is 5.70. The second-order valence-electron chi connectivity index (χ2n) is 4.06. The van der Waals surface area contributed by atoms with Crippen LogP contribution in [0.4, 0.5) is 5.00 Å². The van der Waals surface area contributed by atoms with Crippen molar-refractivity contribution in [3.63, 3.8) is 0 Å². The van der Waals surface area contributed by atoms with E-state index in [2.05, 4.69) is 0 Å². The molecule has 0 unspecified atom stereocenters. The van der Waals surface area contributed by atoms with E-state index in [0.717, 1.165) is 11.3 Å². The number of hydrogen-bond donors (Lipinski definition) is 1. The average Bonchev–Trinajstić information content (AvgIpc) is 2.85. The molecule has 0 radical (unpaired) electrons. The van der Waals surface area contributed by atoms with Gasteiger partial charge >= 0.3 is 11.0 Å². The van der Waals surface area contributed by atoms with Crippen LogP contribution in [0.1, 0.15) is 11.1 Å². The number of carbonyl (C=O) groups excluding carboxylic acids is 1. The Hall–Kier alpha value is -2.41. The number of thiophene rings is 1. The lowest BCUT2D eigenvalue weighted by Gasteiger charge is -2.03. The predicted octanol–water partition coefficient (Wildman–Crippen LogP) is 2.65. The van der Waals surface area contributed by atoms with Gasteiger partial charge in [-0.2, -0.15) is 0 Å². The molecule has 7 heteroatoms. The Morgan fingerprint density at radius 1 is 1.35 bits per heavy atom. The third-order valence-corrected chi connectivity index (χ3v) is 3.41. The minimum atomic E-state index is -0.483. The van der Waals surface area contributed by atoms with Crippen molar-refractivity contribution in [2.45, 2.75) is 13.0 Å². The smallest absolute Gasteiger partial charge is 0.324 e. The third kappa shape index (κ3) is 3.79. The van der Waals surface area contributed by atoms with Crippen molar-refractivity contribution >= 4 is 22.3 Å². The van der Waals surface area contributed by atoms with Crippen LogP contribution in [0.15, 0.2) is 35.7 Å². The molecule has 0 aliphatic carbocycles. The van der Waals surface area contributed by atoms with Crippen LogP contribution in [0.25, 0.3) is 0 Å². The molecule has 0 amide bonds. The molecule has 20 heavy (non-hydrogen) atoms. The summed E-state index contributed by atoms with van der Waals surface area (Å²) in [5.74, 6) is -0.367. The van der Waals surface area contributed by atoms with Crippen molar-refractivity contribution < 1.29 is 19.6 Å². The molecule has 0 saturated carbocycles. The number of benzene rings is 1. The molecule has 6 nitrogen and oxygen atoms in total. The van der Waals surface area contributed by atoms with E-state index in [4.69, 9.17) is 4.74 Å². The summed E-state index contributed by atoms with van der Waals surface area (Å²) in [4.78, 5) is 21.6. The highest BCUT2D eigenvalue weighted by Gasteiger charge is 2.11. The van der Waals surface area contributed by atoms with E-state index in [1.165, 1.54) is 18.2 Å². The number of rotatable bonds is 5. The second kappa shape index (κ2) is 6.16. The molecular weight excluding hydrogens is 282 g/mol. The van der Waals surface area contributed by atoms with Crippen molar-refractivity contribution in [1.29, 1.82) is 0 Å². The van der Waals surface area contributed by atoms with Crippen LogP contribution in [-0.2, 0) is 22.6 Å². The highest BCUT2D eigenvalue weighted by molar-refractivity contribution is 7.13. The van der Waals surface area contributed by atoms with Gasteiger partial charge in [0.1, 0.15) is 12.4 Å². The van der Waals surface area contributed by atoms with Gasteiger partial charge in [0.25, 0.3) is 0 Å². The van der Waals surface area contributed by atoms with E-state index in [9.17, 15) is 20.0 Å². The van der Waals surface area contributed by atoms with Crippen LogP contribution in [0, 0.1) is 10.1 Å². The van der Waals surface area contributed by atoms with Crippen molar-refractivity contribution in [3.8, 4) is 5.75 Å².